The second kappa shape index (κ2) is 13.0. The van der Waals surface area contributed by atoms with E-state index in [4.69, 9.17) is 0 Å². The molecular weight excluding hydrogens is 379 g/mol. The van der Waals surface area contributed by atoms with Gasteiger partial charge in [0, 0.05) is 0 Å². The van der Waals surface area contributed by atoms with E-state index in [1.54, 1.807) is 5.56 Å². The van der Waals surface area contributed by atoms with Crippen LogP contribution < -0.4 is 0 Å². The number of rotatable bonds is 12. The number of hydrogen-bond acceptors (Lipinski definition) is 0. The lowest BCUT2D eigenvalue weighted by molar-refractivity contribution is 0.0849. The van der Waals surface area contributed by atoms with Crippen LogP contribution in [0.15, 0.2) is 24.3 Å². The van der Waals surface area contributed by atoms with Gasteiger partial charge in [-0.1, -0.05) is 95.9 Å². The predicted octanol–water partition coefficient (Wildman–Crippen LogP) is 10.3. The van der Waals surface area contributed by atoms with Crippen LogP contribution in [0, 0.1) is 5.92 Å². The molecule has 2 aliphatic rings. The maximum atomic E-state index is 15.2. The summed E-state index contributed by atoms with van der Waals surface area (Å²) in [6.45, 7) is 4.54. The largest absolute Gasteiger partial charge is 0.244 e. The Morgan fingerprint density at radius 2 is 1.19 bits per heavy atom. The van der Waals surface area contributed by atoms with Crippen molar-refractivity contribution in [3.05, 3.63) is 35.4 Å². The number of benzene rings is 1. The Morgan fingerprint density at radius 1 is 0.677 bits per heavy atom. The van der Waals surface area contributed by atoms with E-state index in [1.165, 1.54) is 82.6 Å². The molecule has 0 atom stereocenters. The molecule has 1 aromatic rings. The molecule has 0 unspecified atom stereocenters. The molecule has 2 fully saturated rings. The lowest BCUT2D eigenvalue weighted by atomic mass is 9.74. The first-order valence-corrected chi connectivity index (χ1v) is 13.9. The summed E-state index contributed by atoms with van der Waals surface area (Å²) in [5, 5.41) is 0. The van der Waals surface area contributed by atoms with Gasteiger partial charge < -0.3 is 0 Å². The fourth-order valence-corrected chi connectivity index (χ4v) is 6.27. The molecule has 0 saturated heterocycles. The minimum absolute atomic E-state index is 0.576. The lowest BCUT2D eigenvalue weighted by Gasteiger charge is -2.34. The molecule has 0 aliphatic heterocycles. The summed E-state index contributed by atoms with van der Waals surface area (Å²) in [4.78, 5) is 0. The zero-order valence-electron chi connectivity index (χ0n) is 20.6. The minimum atomic E-state index is -0.877. The van der Waals surface area contributed by atoms with Crippen molar-refractivity contribution in [3.8, 4) is 0 Å². The normalized spacial score (nSPS) is 29.2. The van der Waals surface area contributed by atoms with Gasteiger partial charge in [-0.3, -0.25) is 0 Å². The summed E-state index contributed by atoms with van der Waals surface area (Å²) in [5.74, 6) is 2.33. The van der Waals surface area contributed by atoms with Crippen molar-refractivity contribution in [1.29, 1.82) is 0 Å². The summed E-state index contributed by atoms with van der Waals surface area (Å²) < 4.78 is 15.2. The minimum Gasteiger partial charge on any atom is -0.244 e. The van der Waals surface area contributed by atoms with Crippen molar-refractivity contribution < 1.29 is 4.39 Å². The Balaban J connectivity index is 1.40. The first-order chi connectivity index (χ1) is 15.1. The van der Waals surface area contributed by atoms with Gasteiger partial charge in [0.2, 0.25) is 0 Å². The molecule has 3 rings (SSSR count). The number of halogens is 1. The summed E-state index contributed by atoms with van der Waals surface area (Å²) in [6, 6.07) is 9.57. The predicted molar refractivity (Wildman–Crippen MR) is 134 cm³/mol. The van der Waals surface area contributed by atoms with E-state index in [0.29, 0.717) is 5.92 Å². The molecule has 0 spiro atoms. The third-order valence-corrected chi connectivity index (χ3v) is 8.55. The quantitative estimate of drug-likeness (QED) is 0.290. The molecule has 2 aliphatic carbocycles. The van der Waals surface area contributed by atoms with Crippen LogP contribution in [0.3, 0.4) is 0 Å². The topological polar surface area (TPSA) is 0 Å². The molecule has 2 saturated carbocycles. The molecule has 0 bridgehead atoms. The molecule has 1 aromatic carbocycles. The van der Waals surface area contributed by atoms with E-state index >= 15 is 4.39 Å². The Morgan fingerprint density at radius 3 is 1.77 bits per heavy atom. The summed E-state index contributed by atoms with van der Waals surface area (Å²) >= 11 is 0. The molecule has 0 amide bonds. The average Bonchev–Trinajstić information content (AvgIpc) is 2.80. The molecule has 1 heteroatoms. The zero-order chi connectivity index (χ0) is 21.9. The van der Waals surface area contributed by atoms with E-state index in [9.17, 15) is 0 Å². The average molecular weight is 429 g/mol. The van der Waals surface area contributed by atoms with Crippen LogP contribution >= 0.6 is 0 Å². The zero-order valence-corrected chi connectivity index (χ0v) is 20.6. The van der Waals surface area contributed by atoms with E-state index in [-0.39, 0.29) is 0 Å². The number of unbranched alkanes of at least 4 members (excludes halogenated alkanes) is 6. The highest BCUT2D eigenvalue weighted by Gasteiger charge is 2.35. The Labute approximate surface area is 192 Å². The van der Waals surface area contributed by atoms with Crippen molar-refractivity contribution in [3.63, 3.8) is 0 Å². The highest BCUT2D eigenvalue weighted by molar-refractivity contribution is 5.28. The monoisotopic (exact) mass is 428 g/mol. The third-order valence-electron chi connectivity index (χ3n) is 8.55. The molecule has 0 aromatic heterocycles. The van der Waals surface area contributed by atoms with Gasteiger partial charge in [0.25, 0.3) is 0 Å². The second-order valence-electron chi connectivity index (χ2n) is 11.0. The molecule has 0 N–H and O–H groups in total. The van der Waals surface area contributed by atoms with Crippen molar-refractivity contribution in [2.45, 2.75) is 147 Å². The van der Waals surface area contributed by atoms with Crippen LogP contribution in [0.4, 0.5) is 4.39 Å². The van der Waals surface area contributed by atoms with Gasteiger partial charge in [-0.15, -0.1) is 0 Å². The first-order valence-electron chi connectivity index (χ1n) is 13.9. The highest BCUT2D eigenvalue weighted by Crippen LogP contribution is 2.43. The number of alkyl halides is 1. The molecule has 176 valence electrons. The van der Waals surface area contributed by atoms with Crippen LogP contribution in [0.5, 0.6) is 0 Å². The van der Waals surface area contributed by atoms with Crippen molar-refractivity contribution in [2.75, 3.05) is 0 Å². The van der Waals surface area contributed by atoms with E-state index in [2.05, 4.69) is 38.1 Å². The van der Waals surface area contributed by atoms with Crippen molar-refractivity contribution in [2.24, 2.45) is 5.92 Å². The summed E-state index contributed by atoms with van der Waals surface area (Å²) in [6.07, 6.45) is 21.8. The van der Waals surface area contributed by atoms with Gasteiger partial charge in [-0.25, -0.2) is 4.39 Å². The van der Waals surface area contributed by atoms with E-state index in [0.717, 1.165) is 50.4 Å². The summed E-state index contributed by atoms with van der Waals surface area (Å²) in [7, 11) is 0. The third kappa shape index (κ3) is 7.90. The van der Waals surface area contributed by atoms with Crippen LogP contribution in [0.25, 0.3) is 0 Å². The number of hydrogen-bond donors (Lipinski definition) is 0. The Hall–Kier alpha value is -0.850. The molecule has 0 nitrogen and oxygen atoms in total. The van der Waals surface area contributed by atoms with Gasteiger partial charge in [0.15, 0.2) is 0 Å². The maximum absolute atomic E-state index is 15.2. The van der Waals surface area contributed by atoms with Gasteiger partial charge in [-0.05, 0) is 86.7 Å². The van der Waals surface area contributed by atoms with Crippen LogP contribution in [0.1, 0.15) is 152 Å². The van der Waals surface area contributed by atoms with E-state index in [1.807, 2.05) is 0 Å². The van der Waals surface area contributed by atoms with Crippen molar-refractivity contribution >= 4 is 0 Å². The molecule has 31 heavy (non-hydrogen) atoms. The van der Waals surface area contributed by atoms with Gasteiger partial charge in [0.1, 0.15) is 5.67 Å². The van der Waals surface area contributed by atoms with Crippen LogP contribution in [-0.2, 0) is 0 Å². The van der Waals surface area contributed by atoms with E-state index < -0.39 is 5.67 Å². The maximum Gasteiger partial charge on any atom is 0.111 e. The Kier molecular flexibility index (Phi) is 10.4. The molecular formula is C30H49F. The first kappa shape index (κ1) is 24.8. The van der Waals surface area contributed by atoms with Gasteiger partial charge >= 0.3 is 0 Å². The summed E-state index contributed by atoms with van der Waals surface area (Å²) in [5.41, 5.74) is 2.14. The molecule has 0 radical (unpaired) electrons. The van der Waals surface area contributed by atoms with Crippen LogP contribution in [0.2, 0.25) is 0 Å². The molecule has 0 heterocycles. The fourth-order valence-electron chi connectivity index (χ4n) is 6.27. The van der Waals surface area contributed by atoms with Gasteiger partial charge in [0.05, 0.1) is 0 Å². The van der Waals surface area contributed by atoms with Crippen LogP contribution in [-0.4, -0.2) is 5.67 Å². The lowest BCUT2D eigenvalue weighted by Crippen LogP contribution is -2.28. The standard InChI is InChI=1S/C30H49F/c1-3-5-7-8-10-22-30(31)23-20-29(21-24-30)28-18-16-27(17-19-28)26-14-12-25(13-15-26)11-9-6-4-2/h16-19,25-26,29H,3-15,20-24H2,1-2H3. The smallest absolute Gasteiger partial charge is 0.111 e. The second-order valence-corrected chi connectivity index (χ2v) is 11.0. The SMILES string of the molecule is CCCCCCCC1(F)CCC(c2ccc(C3CCC(CCCCC)CC3)cc2)CC1. The Bertz CT molecular complexity index is 587. The van der Waals surface area contributed by atoms with Crippen molar-refractivity contribution in [1.82, 2.24) is 0 Å². The van der Waals surface area contributed by atoms with Gasteiger partial charge in [-0.2, -0.15) is 0 Å². The fraction of sp³-hybridized carbons (Fsp3) is 0.800. The highest BCUT2D eigenvalue weighted by atomic mass is 19.1.